The van der Waals surface area contributed by atoms with E-state index in [4.69, 9.17) is 0 Å². The van der Waals surface area contributed by atoms with E-state index >= 15 is 4.39 Å². The molecule has 31 heavy (non-hydrogen) atoms. The van der Waals surface area contributed by atoms with Crippen LogP contribution in [0.15, 0.2) is 36.7 Å². The van der Waals surface area contributed by atoms with Gasteiger partial charge in [-0.25, -0.2) is 8.78 Å². The second-order valence-electron chi connectivity index (χ2n) is 8.56. The Balaban J connectivity index is 1.58. The topological polar surface area (TPSA) is 46.3 Å². The summed E-state index contributed by atoms with van der Waals surface area (Å²) in [6.45, 7) is 2.83. The number of rotatable bonds is 1. The number of hydrogen-bond donors (Lipinski definition) is 0. The average Bonchev–Trinajstić information content (AvgIpc) is 3.33. The molecule has 0 spiro atoms. The van der Waals surface area contributed by atoms with Crippen molar-refractivity contribution in [2.24, 2.45) is 5.41 Å². The first-order valence-electron chi connectivity index (χ1n) is 10.4. The summed E-state index contributed by atoms with van der Waals surface area (Å²) in [6.07, 6.45) is 5.38. The molecule has 1 aliphatic carbocycles. The lowest BCUT2D eigenvalue weighted by molar-refractivity contribution is 0.613. The second-order valence-corrected chi connectivity index (χ2v) is 8.56. The van der Waals surface area contributed by atoms with Crippen LogP contribution in [0.2, 0.25) is 0 Å². The van der Waals surface area contributed by atoms with Crippen LogP contribution in [-0.2, 0) is 6.42 Å². The third kappa shape index (κ3) is 2.86. The molecule has 0 amide bonds. The number of fused-ring (bicyclic) bond motifs is 4. The number of halogens is 2. The lowest BCUT2D eigenvalue weighted by atomic mass is 9.95. The molecule has 1 aliphatic heterocycles. The molecule has 0 saturated heterocycles. The molecule has 6 rings (SSSR count). The molecule has 3 heterocycles. The third-order valence-corrected chi connectivity index (χ3v) is 6.28. The molecular weight excluding hydrogens is 396 g/mol. The van der Waals surface area contributed by atoms with Gasteiger partial charge in [0.05, 0.1) is 10.9 Å². The first-order valence-corrected chi connectivity index (χ1v) is 10.4. The summed E-state index contributed by atoms with van der Waals surface area (Å²) >= 11 is 0. The molecule has 2 aliphatic rings. The maximum Gasteiger partial charge on any atom is 0.257 e. The molecule has 0 atom stereocenters. The highest BCUT2D eigenvalue weighted by Gasteiger charge is 2.35. The Hall–Kier alpha value is -3.53. The molecule has 1 saturated carbocycles. The lowest BCUT2D eigenvalue weighted by Crippen LogP contribution is -2.26. The van der Waals surface area contributed by atoms with Gasteiger partial charge < -0.3 is 4.90 Å². The van der Waals surface area contributed by atoms with Gasteiger partial charge >= 0.3 is 0 Å². The fraction of sp³-hybridized carbons (Fsp3) is 0.292. The van der Waals surface area contributed by atoms with Gasteiger partial charge in [0.2, 0.25) is 0 Å². The predicted octanol–water partition coefficient (Wildman–Crippen LogP) is 4.79. The molecule has 5 nitrogen and oxygen atoms in total. The van der Waals surface area contributed by atoms with Crippen LogP contribution in [0, 0.1) is 28.9 Å². The first kappa shape index (κ1) is 18.3. The van der Waals surface area contributed by atoms with Crippen LogP contribution in [0.1, 0.15) is 37.3 Å². The monoisotopic (exact) mass is 415 g/mol. The third-order valence-electron chi connectivity index (χ3n) is 6.28. The Morgan fingerprint density at radius 1 is 1.10 bits per heavy atom. The molecule has 0 unspecified atom stereocenters. The quantitative estimate of drug-likeness (QED) is 0.420. The van der Waals surface area contributed by atoms with Gasteiger partial charge in [0.15, 0.2) is 0 Å². The highest BCUT2D eigenvalue weighted by atomic mass is 19.1. The summed E-state index contributed by atoms with van der Waals surface area (Å²) in [6, 6.07) is 8.26. The smallest absolute Gasteiger partial charge is 0.257 e. The summed E-state index contributed by atoms with van der Waals surface area (Å²) in [7, 11) is 0. The fourth-order valence-electron chi connectivity index (χ4n) is 4.29. The minimum Gasteiger partial charge on any atom is -0.325 e. The Morgan fingerprint density at radius 3 is 2.77 bits per heavy atom. The SMILES string of the molecule is CC1(C#Cc2cccc3c2CCCN3c2nc3nncn3c3c(F)ccc(F)c23)CC1. The highest BCUT2D eigenvalue weighted by molar-refractivity contribution is 5.95. The molecular formula is C24H19F2N5. The average molecular weight is 415 g/mol. The standard InChI is InChI=1S/C24H19F2N5/c1-24(11-12-24)10-9-15-4-2-6-19-16(15)5-3-13-30(19)22-20-17(25)7-8-18(26)21(20)31-14-27-29-23(31)28-22/h2,4,6-8,14H,3,5,11-13H2,1H3. The number of nitrogens with zero attached hydrogens (tertiary/aromatic N) is 5. The Morgan fingerprint density at radius 2 is 1.94 bits per heavy atom. The molecule has 4 aromatic rings. The van der Waals surface area contributed by atoms with Gasteiger partial charge in [-0.05, 0) is 62.4 Å². The zero-order chi connectivity index (χ0) is 21.2. The largest absolute Gasteiger partial charge is 0.325 e. The van der Waals surface area contributed by atoms with E-state index in [0.29, 0.717) is 12.4 Å². The Kier molecular flexibility index (Phi) is 3.82. The fourth-order valence-corrected chi connectivity index (χ4v) is 4.29. The Bertz CT molecular complexity index is 1420. The van der Waals surface area contributed by atoms with Crippen molar-refractivity contribution in [3.8, 4) is 11.8 Å². The molecule has 2 aromatic carbocycles. The van der Waals surface area contributed by atoms with Crippen molar-refractivity contribution < 1.29 is 8.78 Å². The van der Waals surface area contributed by atoms with E-state index in [-0.39, 0.29) is 22.1 Å². The molecule has 7 heteroatoms. The van der Waals surface area contributed by atoms with Crippen LogP contribution in [0.4, 0.5) is 20.3 Å². The minimum absolute atomic E-state index is 0.0923. The van der Waals surface area contributed by atoms with Gasteiger partial charge in [0, 0.05) is 23.2 Å². The van der Waals surface area contributed by atoms with Crippen LogP contribution >= 0.6 is 0 Å². The molecule has 0 N–H and O–H groups in total. The maximum absolute atomic E-state index is 15.0. The number of benzene rings is 2. The summed E-state index contributed by atoms with van der Waals surface area (Å²) in [5.41, 5.74) is 3.28. The minimum atomic E-state index is -0.542. The van der Waals surface area contributed by atoms with E-state index in [9.17, 15) is 4.39 Å². The summed E-state index contributed by atoms with van der Waals surface area (Å²) in [4.78, 5) is 6.55. The van der Waals surface area contributed by atoms with Crippen molar-refractivity contribution in [3.05, 3.63) is 59.4 Å². The van der Waals surface area contributed by atoms with Gasteiger partial charge in [-0.3, -0.25) is 4.40 Å². The summed E-state index contributed by atoms with van der Waals surface area (Å²) in [5.74, 6) is 6.30. The van der Waals surface area contributed by atoms with E-state index in [1.807, 2.05) is 23.1 Å². The number of anilines is 2. The summed E-state index contributed by atoms with van der Waals surface area (Å²) < 4.78 is 31.2. The van der Waals surface area contributed by atoms with Crippen LogP contribution in [-0.4, -0.2) is 26.1 Å². The van der Waals surface area contributed by atoms with Gasteiger partial charge in [-0.2, -0.15) is 4.98 Å². The van der Waals surface area contributed by atoms with Gasteiger partial charge in [0.25, 0.3) is 5.78 Å². The van der Waals surface area contributed by atoms with E-state index < -0.39 is 11.6 Å². The molecule has 1 fully saturated rings. The molecule has 154 valence electrons. The summed E-state index contributed by atoms with van der Waals surface area (Å²) in [5, 5.41) is 7.97. The molecule has 0 bridgehead atoms. The first-order chi connectivity index (χ1) is 15.0. The second kappa shape index (κ2) is 6.48. The van der Waals surface area contributed by atoms with Crippen molar-refractivity contribution in [3.63, 3.8) is 0 Å². The van der Waals surface area contributed by atoms with Crippen molar-refractivity contribution in [2.45, 2.75) is 32.6 Å². The van der Waals surface area contributed by atoms with Crippen LogP contribution < -0.4 is 4.90 Å². The zero-order valence-electron chi connectivity index (χ0n) is 17.0. The van der Waals surface area contributed by atoms with E-state index in [0.717, 1.165) is 54.6 Å². The van der Waals surface area contributed by atoms with Crippen LogP contribution in [0.5, 0.6) is 0 Å². The van der Waals surface area contributed by atoms with Gasteiger partial charge in [0.1, 0.15) is 23.8 Å². The van der Waals surface area contributed by atoms with Crippen molar-refractivity contribution >= 4 is 28.2 Å². The van der Waals surface area contributed by atoms with E-state index in [2.05, 4.69) is 33.9 Å². The van der Waals surface area contributed by atoms with Crippen LogP contribution in [0.3, 0.4) is 0 Å². The lowest BCUT2D eigenvalue weighted by Gasteiger charge is -2.32. The van der Waals surface area contributed by atoms with E-state index in [1.165, 1.54) is 10.7 Å². The normalized spacial score (nSPS) is 16.8. The van der Waals surface area contributed by atoms with Crippen molar-refractivity contribution in [1.29, 1.82) is 0 Å². The molecule has 0 radical (unpaired) electrons. The maximum atomic E-state index is 15.0. The van der Waals surface area contributed by atoms with Gasteiger partial charge in [-0.15, -0.1) is 10.2 Å². The van der Waals surface area contributed by atoms with Crippen molar-refractivity contribution in [1.82, 2.24) is 19.6 Å². The van der Waals surface area contributed by atoms with Gasteiger partial charge in [-0.1, -0.05) is 17.9 Å². The van der Waals surface area contributed by atoms with Crippen molar-refractivity contribution in [2.75, 3.05) is 11.4 Å². The zero-order valence-corrected chi connectivity index (χ0v) is 17.0. The van der Waals surface area contributed by atoms with Crippen LogP contribution in [0.25, 0.3) is 16.7 Å². The molecule has 2 aromatic heterocycles. The number of aromatic nitrogens is 4. The number of hydrogen-bond acceptors (Lipinski definition) is 4. The highest BCUT2D eigenvalue weighted by Crippen LogP contribution is 2.44. The Labute approximate surface area is 177 Å². The van der Waals surface area contributed by atoms with E-state index in [1.54, 1.807) is 0 Å². The predicted molar refractivity (Wildman–Crippen MR) is 114 cm³/mol.